The molecule has 1 aliphatic rings. The van der Waals surface area contributed by atoms with Gasteiger partial charge in [-0.2, -0.15) is 15.1 Å². The Hall–Kier alpha value is -1.69. The molecule has 1 N–H and O–H groups in total. The van der Waals surface area contributed by atoms with Crippen LogP contribution in [0.15, 0.2) is 18.3 Å². The van der Waals surface area contributed by atoms with Gasteiger partial charge in [0, 0.05) is 18.3 Å². The smallest absolute Gasteiger partial charge is 0.253 e. The molecule has 2 heterocycles. The normalized spacial score (nSPS) is 22.2. The lowest BCUT2D eigenvalue weighted by Gasteiger charge is -2.25. The Labute approximate surface area is 127 Å². The fourth-order valence-corrected chi connectivity index (χ4v) is 2.69. The standard InChI is InChI=1S/C14H17ClFN5/c1-9-6-7-21(20-9)14-18-12(15)8-13(19-14)17-11-4-2-10(16)3-5-11/h6-8,10-11H,2-5H2,1H3,(H,17,18,19). The Morgan fingerprint density at radius 3 is 2.71 bits per heavy atom. The minimum absolute atomic E-state index is 0.232. The molecule has 2 aromatic rings. The van der Waals surface area contributed by atoms with Crippen LogP contribution in [0.25, 0.3) is 5.95 Å². The van der Waals surface area contributed by atoms with E-state index >= 15 is 0 Å². The van der Waals surface area contributed by atoms with Gasteiger partial charge in [0.25, 0.3) is 5.95 Å². The summed E-state index contributed by atoms with van der Waals surface area (Å²) in [6.45, 7) is 1.90. The third-order valence-electron chi connectivity index (χ3n) is 3.62. The van der Waals surface area contributed by atoms with E-state index in [1.165, 1.54) is 0 Å². The highest BCUT2D eigenvalue weighted by atomic mass is 35.5. The molecule has 0 aliphatic heterocycles. The Balaban J connectivity index is 1.78. The Kier molecular flexibility index (Phi) is 4.05. The summed E-state index contributed by atoms with van der Waals surface area (Å²) in [6, 6.07) is 3.79. The molecule has 0 spiro atoms. The molecule has 0 aromatic carbocycles. The number of aryl methyl sites for hydroxylation is 1. The maximum atomic E-state index is 13.2. The minimum Gasteiger partial charge on any atom is -0.367 e. The quantitative estimate of drug-likeness (QED) is 0.884. The molecule has 7 heteroatoms. The van der Waals surface area contributed by atoms with Crippen LogP contribution in [0.4, 0.5) is 10.2 Å². The van der Waals surface area contributed by atoms with Crippen LogP contribution in [0.3, 0.4) is 0 Å². The van der Waals surface area contributed by atoms with Crippen molar-refractivity contribution in [1.82, 2.24) is 19.7 Å². The molecule has 0 atom stereocenters. The molecule has 1 saturated carbocycles. The van der Waals surface area contributed by atoms with Crippen LogP contribution in [-0.4, -0.2) is 32.0 Å². The van der Waals surface area contributed by atoms with E-state index in [1.807, 2.05) is 13.0 Å². The molecule has 1 fully saturated rings. The van der Waals surface area contributed by atoms with Crippen molar-refractivity contribution < 1.29 is 4.39 Å². The number of hydrogen-bond donors (Lipinski definition) is 1. The van der Waals surface area contributed by atoms with E-state index in [4.69, 9.17) is 11.6 Å². The Bertz CT molecular complexity index is 622. The Morgan fingerprint density at radius 2 is 2.05 bits per heavy atom. The summed E-state index contributed by atoms with van der Waals surface area (Å²) in [6.07, 6.45) is 3.93. The zero-order valence-electron chi connectivity index (χ0n) is 11.8. The largest absolute Gasteiger partial charge is 0.367 e. The Morgan fingerprint density at radius 1 is 1.29 bits per heavy atom. The zero-order chi connectivity index (χ0) is 14.8. The monoisotopic (exact) mass is 309 g/mol. The molecule has 0 bridgehead atoms. The molecule has 1 aliphatic carbocycles. The van der Waals surface area contributed by atoms with Gasteiger partial charge in [-0.05, 0) is 38.7 Å². The van der Waals surface area contributed by atoms with E-state index in [0.717, 1.165) is 18.5 Å². The minimum atomic E-state index is -0.667. The van der Waals surface area contributed by atoms with E-state index in [0.29, 0.717) is 29.8 Å². The van der Waals surface area contributed by atoms with Crippen LogP contribution >= 0.6 is 11.6 Å². The number of alkyl halides is 1. The lowest BCUT2D eigenvalue weighted by Crippen LogP contribution is -2.27. The highest BCUT2D eigenvalue weighted by molar-refractivity contribution is 6.29. The number of aromatic nitrogens is 4. The number of anilines is 1. The first-order chi connectivity index (χ1) is 10.1. The van der Waals surface area contributed by atoms with Crippen molar-refractivity contribution >= 4 is 17.4 Å². The SMILES string of the molecule is Cc1ccn(-c2nc(Cl)cc(NC3CCC(F)CC3)n2)n1. The van der Waals surface area contributed by atoms with E-state index < -0.39 is 6.17 Å². The first-order valence-corrected chi connectivity index (χ1v) is 7.46. The highest BCUT2D eigenvalue weighted by Gasteiger charge is 2.21. The van der Waals surface area contributed by atoms with Gasteiger partial charge in [-0.1, -0.05) is 11.6 Å². The fraction of sp³-hybridized carbons (Fsp3) is 0.500. The van der Waals surface area contributed by atoms with Crippen molar-refractivity contribution in [3.8, 4) is 5.95 Å². The van der Waals surface area contributed by atoms with Crippen molar-refractivity contribution in [1.29, 1.82) is 0 Å². The van der Waals surface area contributed by atoms with Gasteiger partial charge in [0.15, 0.2) is 0 Å². The van der Waals surface area contributed by atoms with Crippen LogP contribution < -0.4 is 5.32 Å². The summed E-state index contributed by atoms with van der Waals surface area (Å²) < 4.78 is 14.7. The second-order valence-electron chi connectivity index (χ2n) is 5.37. The summed E-state index contributed by atoms with van der Waals surface area (Å²) in [5.74, 6) is 1.08. The van der Waals surface area contributed by atoms with Crippen LogP contribution in [0, 0.1) is 6.92 Å². The van der Waals surface area contributed by atoms with Gasteiger partial charge in [-0.25, -0.2) is 9.07 Å². The summed E-state index contributed by atoms with van der Waals surface area (Å²) in [5, 5.41) is 7.95. The third kappa shape index (κ3) is 3.50. The van der Waals surface area contributed by atoms with Crippen LogP contribution in [-0.2, 0) is 0 Å². The van der Waals surface area contributed by atoms with Crippen LogP contribution in [0.5, 0.6) is 0 Å². The van der Waals surface area contributed by atoms with E-state index in [1.54, 1.807) is 16.9 Å². The number of hydrogen-bond acceptors (Lipinski definition) is 4. The number of nitrogens with zero attached hydrogens (tertiary/aromatic N) is 4. The topological polar surface area (TPSA) is 55.6 Å². The summed E-state index contributed by atoms with van der Waals surface area (Å²) in [4.78, 5) is 8.61. The maximum absolute atomic E-state index is 13.2. The fourth-order valence-electron chi connectivity index (χ4n) is 2.51. The van der Waals surface area contributed by atoms with Crippen molar-refractivity contribution in [2.75, 3.05) is 5.32 Å². The van der Waals surface area contributed by atoms with Gasteiger partial charge < -0.3 is 5.32 Å². The second-order valence-corrected chi connectivity index (χ2v) is 5.76. The lowest BCUT2D eigenvalue weighted by atomic mass is 9.94. The molecule has 2 aromatic heterocycles. The van der Waals surface area contributed by atoms with Gasteiger partial charge in [-0.15, -0.1) is 0 Å². The number of halogens is 2. The van der Waals surface area contributed by atoms with Crippen LogP contribution in [0.1, 0.15) is 31.4 Å². The molecular formula is C14H17ClFN5. The van der Waals surface area contributed by atoms with Gasteiger partial charge in [0.1, 0.15) is 17.1 Å². The van der Waals surface area contributed by atoms with Crippen molar-refractivity contribution in [2.24, 2.45) is 0 Å². The van der Waals surface area contributed by atoms with Gasteiger partial charge >= 0.3 is 0 Å². The summed E-state index contributed by atoms with van der Waals surface area (Å²) >= 11 is 6.06. The van der Waals surface area contributed by atoms with E-state index in [-0.39, 0.29) is 6.04 Å². The molecule has 5 nitrogen and oxygen atoms in total. The van der Waals surface area contributed by atoms with Crippen molar-refractivity contribution in [3.05, 3.63) is 29.2 Å². The molecule has 112 valence electrons. The van der Waals surface area contributed by atoms with Crippen molar-refractivity contribution in [2.45, 2.75) is 44.8 Å². The molecule has 0 unspecified atom stereocenters. The van der Waals surface area contributed by atoms with E-state index in [2.05, 4.69) is 20.4 Å². The zero-order valence-corrected chi connectivity index (χ0v) is 12.5. The molecule has 0 radical (unpaired) electrons. The molecule has 0 saturated heterocycles. The van der Waals surface area contributed by atoms with Gasteiger partial charge in [0.2, 0.25) is 0 Å². The third-order valence-corrected chi connectivity index (χ3v) is 3.81. The lowest BCUT2D eigenvalue weighted by molar-refractivity contribution is 0.241. The number of nitrogens with one attached hydrogen (secondary N) is 1. The second kappa shape index (κ2) is 5.97. The highest BCUT2D eigenvalue weighted by Crippen LogP contribution is 2.24. The molecule has 21 heavy (non-hydrogen) atoms. The van der Waals surface area contributed by atoms with E-state index in [9.17, 15) is 4.39 Å². The van der Waals surface area contributed by atoms with Crippen molar-refractivity contribution in [3.63, 3.8) is 0 Å². The first-order valence-electron chi connectivity index (χ1n) is 7.08. The summed E-state index contributed by atoms with van der Waals surface area (Å²) in [5.41, 5.74) is 0.884. The van der Waals surface area contributed by atoms with Gasteiger partial charge in [-0.3, -0.25) is 0 Å². The molecule has 0 amide bonds. The van der Waals surface area contributed by atoms with Gasteiger partial charge in [0.05, 0.1) is 5.69 Å². The summed E-state index contributed by atoms with van der Waals surface area (Å²) in [7, 11) is 0. The average molecular weight is 310 g/mol. The number of rotatable bonds is 3. The molecular weight excluding hydrogens is 293 g/mol. The molecule has 3 rings (SSSR count). The average Bonchev–Trinajstić information content (AvgIpc) is 2.88. The first kappa shape index (κ1) is 14.3. The predicted molar refractivity (Wildman–Crippen MR) is 79.7 cm³/mol. The predicted octanol–water partition coefficient (Wildman–Crippen LogP) is 3.32. The van der Waals surface area contributed by atoms with Crippen LogP contribution in [0.2, 0.25) is 5.15 Å². The maximum Gasteiger partial charge on any atom is 0.253 e.